The normalized spacial score (nSPS) is 20.2. The van der Waals surface area contributed by atoms with Crippen molar-refractivity contribution in [3.8, 4) is 0 Å². The first-order valence-corrected chi connectivity index (χ1v) is 8.77. The highest BCUT2D eigenvalue weighted by molar-refractivity contribution is 8.14. The van der Waals surface area contributed by atoms with Crippen molar-refractivity contribution in [2.24, 2.45) is 10.2 Å². The van der Waals surface area contributed by atoms with Gasteiger partial charge in [0.25, 0.3) is 0 Å². The molecule has 1 aromatic heterocycles. The summed E-state index contributed by atoms with van der Waals surface area (Å²) in [7, 11) is 0. The monoisotopic (exact) mass is 333 g/mol. The molecule has 102 valence electrons. The van der Waals surface area contributed by atoms with Crippen LogP contribution in [0.25, 0.3) is 0 Å². The second-order valence-corrected chi connectivity index (χ2v) is 7.73. The standard InChI is InChI=1S/C12H13Cl2N3S2/c13-10-6-8(11(14)19-10)9-7-18-12(16-15-9)17-4-2-1-3-5-17/h6H,1-5,7H2. The Balaban J connectivity index is 1.78. The molecule has 1 aromatic rings. The van der Waals surface area contributed by atoms with Crippen molar-refractivity contribution >= 4 is 57.2 Å². The highest BCUT2D eigenvalue weighted by Gasteiger charge is 2.21. The molecule has 0 amide bonds. The average Bonchev–Trinajstić information content (AvgIpc) is 2.79. The van der Waals surface area contributed by atoms with Gasteiger partial charge in [-0.15, -0.1) is 16.4 Å². The maximum atomic E-state index is 6.15. The summed E-state index contributed by atoms with van der Waals surface area (Å²) in [6.45, 7) is 2.20. The van der Waals surface area contributed by atoms with Crippen molar-refractivity contribution in [2.75, 3.05) is 18.8 Å². The summed E-state index contributed by atoms with van der Waals surface area (Å²) in [6.07, 6.45) is 3.83. The highest BCUT2D eigenvalue weighted by Crippen LogP contribution is 2.33. The van der Waals surface area contributed by atoms with Crippen LogP contribution >= 0.6 is 46.3 Å². The lowest BCUT2D eigenvalue weighted by atomic mass is 10.1. The van der Waals surface area contributed by atoms with Gasteiger partial charge in [0.2, 0.25) is 0 Å². The Kier molecular flexibility index (Phi) is 4.37. The first kappa shape index (κ1) is 13.7. The van der Waals surface area contributed by atoms with Crippen LogP contribution in [0.2, 0.25) is 8.67 Å². The molecule has 0 saturated carbocycles. The van der Waals surface area contributed by atoms with Crippen LogP contribution in [-0.2, 0) is 0 Å². The Morgan fingerprint density at radius 3 is 2.47 bits per heavy atom. The molecule has 0 unspecified atom stereocenters. The molecule has 1 fully saturated rings. The fourth-order valence-electron chi connectivity index (χ4n) is 2.20. The van der Waals surface area contributed by atoms with E-state index >= 15 is 0 Å². The van der Waals surface area contributed by atoms with Gasteiger partial charge in [-0.3, -0.25) is 0 Å². The number of likely N-dealkylation sites (tertiary alicyclic amines) is 1. The van der Waals surface area contributed by atoms with Crippen molar-refractivity contribution in [1.82, 2.24) is 4.90 Å². The molecule has 0 N–H and O–H groups in total. The van der Waals surface area contributed by atoms with Crippen LogP contribution in [0.4, 0.5) is 0 Å². The van der Waals surface area contributed by atoms with Gasteiger partial charge in [-0.1, -0.05) is 35.0 Å². The maximum Gasteiger partial charge on any atom is 0.186 e. The zero-order valence-corrected chi connectivity index (χ0v) is 13.4. The Bertz CT molecular complexity index is 533. The molecular formula is C12H13Cl2N3S2. The number of hydrogen-bond acceptors (Lipinski definition) is 5. The second-order valence-electron chi connectivity index (χ2n) is 4.50. The first-order chi connectivity index (χ1) is 9.24. The summed E-state index contributed by atoms with van der Waals surface area (Å²) < 4.78 is 1.39. The van der Waals surface area contributed by atoms with E-state index in [-0.39, 0.29) is 0 Å². The van der Waals surface area contributed by atoms with Gasteiger partial charge < -0.3 is 4.90 Å². The van der Waals surface area contributed by atoms with Crippen LogP contribution in [0.5, 0.6) is 0 Å². The highest BCUT2D eigenvalue weighted by atomic mass is 35.5. The van der Waals surface area contributed by atoms with Crippen molar-refractivity contribution in [2.45, 2.75) is 19.3 Å². The third-order valence-electron chi connectivity index (χ3n) is 3.19. The van der Waals surface area contributed by atoms with Gasteiger partial charge >= 0.3 is 0 Å². The minimum Gasteiger partial charge on any atom is -0.350 e. The van der Waals surface area contributed by atoms with Gasteiger partial charge in [0, 0.05) is 24.4 Å². The predicted octanol–water partition coefficient (Wildman–Crippen LogP) is 4.35. The zero-order chi connectivity index (χ0) is 13.2. The van der Waals surface area contributed by atoms with Gasteiger partial charge in [0.15, 0.2) is 5.17 Å². The Morgan fingerprint density at radius 2 is 1.89 bits per heavy atom. The van der Waals surface area contributed by atoms with Gasteiger partial charge in [0.1, 0.15) is 4.34 Å². The first-order valence-electron chi connectivity index (χ1n) is 6.21. The van der Waals surface area contributed by atoms with E-state index in [1.165, 1.54) is 30.6 Å². The third kappa shape index (κ3) is 3.10. The molecule has 0 bridgehead atoms. The van der Waals surface area contributed by atoms with Crippen molar-refractivity contribution in [3.05, 3.63) is 20.3 Å². The van der Waals surface area contributed by atoms with E-state index in [2.05, 4.69) is 15.1 Å². The van der Waals surface area contributed by atoms with Gasteiger partial charge in [-0.05, 0) is 25.3 Å². The van der Waals surface area contributed by atoms with E-state index < -0.39 is 0 Å². The topological polar surface area (TPSA) is 28.0 Å². The summed E-state index contributed by atoms with van der Waals surface area (Å²) in [4.78, 5) is 2.33. The maximum absolute atomic E-state index is 6.15. The molecule has 3 heterocycles. The molecule has 0 spiro atoms. The van der Waals surface area contributed by atoms with E-state index in [1.54, 1.807) is 11.8 Å². The predicted molar refractivity (Wildman–Crippen MR) is 86.2 cm³/mol. The average molecular weight is 334 g/mol. The molecule has 19 heavy (non-hydrogen) atoms. The van der Waals surface area contributed by atoms with E-state index in [0.29, 0.717) is 8.67 Å². The Morgan fingerprint density at radius 1 is 1.11 bits per heavy atom. The van der Waals surface area contributed by atoms with E-state index in [9.17, 15) is 0 Å². The van der Waals surface area contributed by atoms with Crippen molar-refractivity contribution < 1.29 is 0 Å². The number of amidine groups is 1. The third-order valence-corrected chi connectivity index (χ3v) is 5.69. The lowest BCUT2D eigenvalue weighted by Gasteiger charge is -2.29. The number of thioether (sulfide) groups is 1. The molecule has 2 aliphatic rings. The molecule has 2 aliphatic heterocycles. The largest absolute Gasteiger partial charge is 0.350 e. The Labute approximate surface area is 130 Å². The molecule has 3 rings (SSSR count). The lowest BCUT2D eigenvalue weighted by Crippen LogP contribution is -2.35. The molecule has 0 aliphatic carbocycles. The molecular weight excluding hydrogens is 321 g/mol. The number of piperidine rings is 1. The van der Waals surface area contributed by atoms with Crippen LogP contribution in [0.1, 0.15) is 24.8 Å². The summed E-state index contributed by atoms with van der Waals surface area (Å²) >= 11 is 15.2. The van der Waals surface area contributed by atoms with Crippen LogP contribution in [0, 0.1) is 0 Å². The van der Waals surface area contributed by atoms with Crippen LogP contribution < -0.4 is 0 Å². The molecule has 0 aromatic carbocycles. The number of halogens is 2. The second kappa shape index (κ2) is 6.04. The lowest BCUT2D eigenvalue weighted by molar-refractivity contribution is 0.347. The van der Waals surface area contributed by atoms with Crippen molar-refractivity contribution in [3.63, 3.8) is 0 Å². The SMILES string of the molecule is Clc1cc(C2=NN=C(N3CCCCC3)SC2)c(Cl)s1. The van der Waals surface area contributed by atoms with Crippen molar-refractivity contribution in [1.29, 1.82) is 0 Å². The number of rotatable bonds is 1. The quantitative estimate of drug-likeness (QED) is 0.764. The van der Waals surface area contributed by atoms with Gasteiger partial charge in [0.05, 0.1) is 10.0 Å². The van der Waals surface area contributed by atoms with Gasteiger partial charge in [-0.2, -0.15) is 5.10 Å². The minimum atomic E-state index is 0.693. The molecule has 0 radical (unpaired) electrons. The number of thiophene rings is 1. The smallest absolute Gasteiger partial charge is 0.186 e. The summed E-state index contributed by atoms with van der Waals surface area (Å²) in [6, 6.07) is 1.87. The van der Waals surface area contributed by atoms with E-state index in [1.807, 2.05) is 6.07 Å². The summed E-state index contributed by atoms with van der Waals surface area (Å²) in [5.74, 6) is 0.808. The number of nitrogens with zero attached hydrogens (tertiary/aromatic N) is 3. The van der Waals surface area contributed by atoms with Gasteiger partial charge in [-0.25, -0.2) is 0 Å². The zero-order valence-electron chi connectivity index (χ0n) is 10.2. The van der Waals surface area contributed by atoms with Crippen LogP contribution in [0.3, 0.4) is 0 Å². The summed E-state index contributed by atoms with van der Waals surface area (Å²) in [5.41, 5.74) is 1.84. The van der Waals surface area contributed by atoms with Crippen LogP contribution in [-0.4, -0.2) is 34.6 Å². The fraction of sp³-hybridized carbons (Fsp3) is 0.500. The summed E-state index contributed by atoms with van der Waals surface area (Å²) in [5, 5.41) is 9.74. The van der Waals surface area contributed by atoms with E-state index in [0.717, 1.165) is 35.3 Å². The number of hydrogen-bond donors (Lipinski definition) is 0. The molecule has 1 saturated heterocycles. The molecule has 7 heteroatoms. The Hall–Kier alpha value is -0.230. The molecule has 3 nitrogen and oxygen atoms in total. The fourth-order valence-corrected chi connectivity index (χ4v) is 4.65. The molecule has 0 atom stereocenters. The van der Waals surface area contributed by atoms with Crippen LogP contribution in [0.15, 0.2) is 16.3 Å². The van der Waals surface area contributed by atoms with E-state index in [4.69, 9.17) is 23.2 Å². The minimum absolute atomic E-state index is 0.693.